The van der Waals surface area contributed by atoms with Crippen LogP contribution in [0.15, 0.2) is 116 Å². The molecule has 0 amide bonds. The molecule has 222 valence electrons. The minimum absolute atomic E-state index is 0.00989. The summed E-state index contributed by atoms with van der Waals surface area (Å²) in [5, 5.41) is 3.48. The number of para-hydroxylation sites is 2. The molecular formula is C38H34N4O2Si. The Bertz CT molecular complexity index is 2240. The van der Waals surface area contributed by atoms with Crippen LogP contribution in [0, 0.1) is 6.33 Å². The lowest BCUT2D eigenvalue weighted by atomic mass is 9.88. The third kappa shape index (κ3) is 4.62. The van der Waals surface area contributed by atoms with Crippen LogP contribution in [0.5, 0.6) is 17.2 Å². The van der Waals surface area contributed by atoms with Gasteiger partial charge >= 0.3 is 0 Å². The molecule has 0 spiro atoms. The molecule has 0 saturated carbocycles. The monoisotopic (exact) mass is 606 g/mol. The Morgan fingerprint density at radius 1 is 0.800 bits per heavy atom. The van der Waals surface area contributed by atoms with Crippen molar-refractivity contribution in [1.82, 2.24) is 14.1 Å². The highest BCUT2D eigenvalue weighted by Gasteiger charge is 2.37. The molecule has 7 heteroatoms. The van der Waals surface area contributed by atoms with E-state index < -0.39 is 8.32 Å². The quantitative estimate of drug-likeness (QED) is 0.116. The molecule has 0 atom stereocenters. The molecular weight excluding hydrogens is 573 g/mol. The first-order valence-electron chi connectivity index (χ1n) is 15.3. The molecule has 4 aromatic carbocycles. The Morgan fingerprint density at radius 2 is 1.53 bits per heavy atom. The van der Waals surface area contributed by atoms with Crippen LogP contribution in [0.2, 0.25) is 13.1 Å². The van der Waals surface area contributed by atoms with Crippen LogP contribution in [-0.2, 0) is 5.41 Å². The summed E-state index contributed by atoms with van der Waals surface area (Å²) in [4.78, 5) is 4.82. The topological polar surface area (TPSA) is 45.1 Å². The van der Waals surface area contributed by atoms with Gasteiger partial charge in [-0.1, -0.05) is 57.2 Å². The minimum Gasteiger partial charge on any atom is -0.546 e. The van der Waals surface area contributed by atoms with Crippen LogP contribution in [0.25, 0.3) is 39.0 Å². The first kappa shape index (κ1) is 27.4. The lowest BCUT2D eigenvalue weighted by molar-refractivity contribution is -0.599. The summed E-state index contributed by atoms with van der Waals surface area (Å²) in [6.45, 7) is 11.1. The molecule has 7 aromatic rings. The van der Waals surface area contributed by atoms with Crippen molar-refractivity contribution in [3.63, 3.8) is 0 Å². The van der Waals surface area contributed by atoms with E-state index >= 15 is 0 Å². The van der Waals surface area contributed by atoms with E-state index in [1.807, 2.05) is 53.2 Å². The second-order valence-corrected chi connectivity index (χ2v) is 16.9. The van der Waals surface area contributed by atoms with Crippen LogP contribution >= 0.6 is 0 Å². The fraction of sp³-hybridized carbons (Fsp3) is 0.158. The highest BCUT2D eigenvalue weighted by atomic mass is 28.4. The van der Waals surface area contributed by atoms with Crippen molar-refractivity contribution in [3.05, 3.63) is 127 Å². The lowest BCUT2D eigenvalue weighted by Crippen LogP contribution is -2.53. The van der Waals surface area contributed by atoms with Crippen molar-refractivity contribution < 1.29 is 13.7 Å². The van der Waals surface area contributed by atoms with Gasteiger partial charge in [0, 0.05) is 29.2 Å². The van der Waals surface area contributed by atoms with E-state index in [0.717, 1.165) is 56.2 Å². The van der Waals surface area contributed by atoms with Gasteiger partial charge in [-0.2, -0.15) is 0 Å². The van der Waals surface area contributed by atoms with Crippen LogP contribution in [0.4, 0.5) is 0 Å². The molecule has 8 rings (SSSR count). The predicted molar refractivity (Wildman–Crippen MR) is 181 cm³/mol. The normalized spacial score (nSPS) is 13.8. The summed E-state index contributed by atoms with van der Waals surface area (Å²) in [7, 11) is -2.21. The Balaban J connectivity index is 1.22. The van der Waals surface area contributed by atoms with Gasteiger partial charge < -0.3 is 9.16 Å². The molecule has 0 saturated heterocycles. The number of hydrogen-bond donors (Lipinski definition) is 0. The van der Waals surface area contributed by atoms with Crippen molar-refractivity contribution in [2.75, 3.05) is 0 Å². The summed E-state index contributed by atoms with van der Waals surface area (Å²) in [6.07, 6.45) is 7.61. The Labute approximate surface area is 263 Å². The minimum atomic E-state index is -2.21. The summed E-state index contributed by atoms with van der Waals surface area (Å²) in [5.41, 5.74) is 5.39. The van der Waals surface area contributed by atoms with Gasteiger partial charge in [0.05, 0.1) is 22.0 Å². The Kier molecular flexibility index (Phi) is 6.05. The average Bonchev–Trinajstić information content (AvgIpc) is 3.63. The number of fused-ring (bicyclic) bond motifs is 6. The number of ether oxygens (including phenoxy) is 1. The average molecular weight is 607 g/mol. The molecule has 6 nitrogen and oxygen atoms in total. The van der Waals surface area contributed by atoms with Crippen molar-refractivity contribution in [2.24, 2.45) is 0 Å². The van der Waals surface area contributed by atoms with Crippen LogP contribution in [-0.4, -0.2) is 22.4 Å². The van der Waals surface area contributed by atoms with Gasteiger partial charge in [0.25, 0.3) is 14.6 Å². The molecule has 0 radical (unpaired) electrons. The van der Waals surface area contributed by atoms with Gasteiger partial charge in [0.1, 0.15) is 28.8 Å². The summed E-state index contributed by atoms with van der Waals surface area (Å²) in [6, 6.07) is 35.4. The third-order valence-corrected chi connectivity index (χ3v) is 10.9. The zero-order chi connectivity index (χ0) is 30.9. The van der Waals surface area contributed by atoms with E-state index in [2.05, 4.69) is 116 Å². The standard InChI is InChI=1S/C38H34N4O2Si/c1-38(2,3)26-19-20-39-36(21-26)42-32-14-10-9-13-30(32)31-17-15-28(22-33(31)42)43-29-16-18-35-34(23-29)41-25-40(27-11-7-6-8-12-27)24-37(41)45(4,5)44-35/h6-24H,1-5H3. The third-order valence-electron chi connectivity index (χ3n) is 8.61. The lowest BCUT2D eigenvalue weighted by Gasteiger charge is -2.32. The SMILES string of the molecule is CC(C)(C)c1ccnc(-n2c3ccccc3c3ccc(Oc4ccc5c(c4)-n4[c-][n+](-c6ccccc6)cc4[Si](C)(C)O5)cc32)c1. The highest BCUT2D eigenvalue weighted by Crippen LogP contribution is 2.38. The fourth-order valence-corrected chi connectivity index (χ4v) is 8.23. The first-order chi connectivity index (χ1) is 21.7. The number of hydrogen-bond acceptors (Lipinski definition) is 3. The Hall–Kier alpha value is -5.14. The predicted octanol–water partition coefficient (Wildman–Crippen LogP) is 7.94. The molecule has 0 aliphatic carbocycles. The molecule has 0 fully saturated rings. The maximum atomic E-state index is 6.61. The van der Waals surface area contributed by atoms with Crippen molar-refractivity contribution in [3.8, 4) is 34.4 Å². The van der Waals surface area contributed by atoms with Gasteiger partial charge in [-0.3, -0.25) is 13.7 Å². The summed E-state index contributed by atoms with van der Waals surface area (Å²) >= 11 is 0. The number of nitrogens with zero attached hydrogens (tertiary/aromatic N) is 4. The Morgan fingerprint density at radius 3 is 2.36 bits per heavy atom. The molecule has 0 unspecified atom stereocenters. The number of benzene rings is 4. The zero-order valence-electron chi connectivity index (χ0n) is 26.1. The molecule has 4 heterocycles. The number of imidazole rings is 1. The number of rotatable bonds is 4. The van der Waals surface area contributed by atoms with Gasteiger partial charge in [0.15, 0.2) is 0 Å². The van der Waals surface area contributed by atoms with Gasteiger partial charge in [0.2, 0.25) is 0 Å². The molecule has 1 aliphatic heterocycles. The zero-order valence-corrected chi connectivity index (χ0v) is 27.1. The highest BCUT2D eigenvalue weighted by molar-refractivity contribution is 6.84. The fourth-order valence-electron chi connectivity index (χ4n) is 6.25. The second kappa shape index (κ2) is 9.94. The molecule has 1 aliphatic rings. The van der Waals surface area contributed by atoms with E-state index in [9.17, 15) is 0 Å². The van der Waals surface area contributed by atoms with E-state index in [0.29, 0.717) is 0 Å². The molecule has 3 aromatic heterocycles. The van der Waals surface area contributed by atoms with Crippen molar-refractivity contribution in [2.45, 2.75) is 39.3 Å². The van der Waals surface area contributed by atoms with E-state index in [1.165, 1.54) is 10.9 Å². The number of pyridine rings is 1. The van der Waals surface area contributed by atoms with E-state index in [1.54, 1.807) is 0 Å². The van der Waals surface area contributed by atoms with Crippen LogP contribution in [0.1, 0.15) is 26.3 Å². The van der Waals surface area contributed by atoms with Gasteiger partial charge in [-0.15, -0.1) is 0 Å². The van der Waals surface area contributed by atoms with E-state index in [4.69, 9.17) is 14.1 Å². The summed E-state index contributed by atoms with van der Waals surface area (Å²) < 4.78 is 19.6. The van der Waals surface area contributed by atoms with Crippen LogP contribution in [0.3, 0.4) is 0 Å². The number of aromatic nitrogens is 4. The maximum Gasteiger partial charge on any atom is 0.273 e. The molecule has 0 N–H and O–H groups in total. The second-order valence-electron chi connectivity index (χ2n) is 13.2. The first-order valence-corrected chi connectivity index (χ1v) is 18.2. The smallest absolute Gasteiger partial charge is 0.273 e. The van der Waals surface area contributed by atoms with Gasteiger partial charge in [-0.25, -0.2) is 4.98 Å². The maximum absolute atomic E-state index is 6.61. The van der Waals surface area contributed by atoms with Crippen LogP contribution < -0.4 is 19.0 Å². The largest absolute Gasteiger partial charge is 0.546 e. The molecule has 0 bridgehead atoms. The van der Waals surface area contributed by atoms with E-state index in [-0.39, 0.29) is 5.41 Å². The molecule has 45 heavy (non-hydrogen) atoms. The van der Waals surface area contributed by atoms with Gasteiger partial charge in [-0.05, 0) is 84.7 Å². The van der Waals surface area contributed by atoms with Crippen molar-refractivity contribution in [1.29, 1.82) is 0 Å². The van der Waals surface area contributed by atoms with Crippen molar-refractivity contribution >= 4 is 35.4 Å². The summed E-state index contributed by atoms with van der Waals surface area (Å²) in [5.74, 6) is 3.22.